The van der Waals surface area contributed by atoms with Gasteiger partial charge in [-0.2, -0.15) is 0 Å². The predicted molar refractivity (Wildman–Crippen MR) is 70.5 cm³/mol. The van der Waals surface area contributed by atoms with E-state index in [0.717, 1.165) is 45.4 Å². The first kappa shape index (κ1) is 13.0. The van der Waals surface area contributed by atoms with E-state index in [2.05, 4.69) is 22.8 Å². The lowest BCUT2D eigenvalue weighted by atomic mass is 9.87. The number of hydrogen-bond acceptors (Lipinski definition) is 4. The van der Waals surface area contributed by atoms with E-state index in [1.807, 2.05) is 11.3 Å². The summed E-state index contributed by atoms with van der Waals surface area (Å²) in [5.41, 5.74) is 0.101. The molecule has 4 heteroatoms. The molecule has 17 heavy (non-hydrogen) atoms. The molecule has 2 heterocycles. The van der Waals surface area contributed by atoms with Gasteiger partial charge in [0.2, 0.25) is 0 Å². The van der Waals surface area contributed by atoms with Crippen molar-refractivity contribution in [2.75, 3.05) is 26.4 Å². The van der Waals surface area contributed by atoms with Crippen molar-refractivity contribution in [2.45, 2.75) is 31.2 Å². The molecule has 3 nitrogen and oxygen atoms in total. The first-order valence-corrected chi connectivity index (χ1v) is 7.19. The van der Waals surface area contributed by atoms with E-state index in [9.17, 15) is 5.11 Å². The minimum atomic E-state index is 0.101. The summed E-state index contributed by atoms with van der Waals surface area (Å²) in [4.78, 5) is 1.42. The van der Waals surface area contributed by atoms with Crippen LogP contribution in [0.4, 0.5) is 0 Å². The first-order chi connectivity index (χ1) is 8.35. The summed E-state index contributed by atoms with van der Waals surface area (Å²) in [7, 11) is 0. The lowest BCUT2D eigenvalue weighted by Gasteiger charge is -2.38. The number of nitrogens with one attached hydrogen (secondary N) is 1. The van der Waals surface area contributed by atoms with Crippen molar-refractivity contribution >= 4 is 11.3 Å². The number of thiophene rings is 1. The number of hydrogen-bond donors (Lipinski definition) is 2. The van der Waals surface area contributed by atoms with Crippen LogP contribution in [0.3, 0.4) is 0 Å². The second-order valence-electron chi connectivity index (χ2n) is 4.62. The van der Waals surface area contributed by atoms with E-state index < -0.39 is 0 Å². The zero-order valence-corrected chi connectivity index (χ0v) is 11.0. The standard InChI is InChI=1S/C13H21NO2S/c15-8-4-13(5-9-16-10-6-13)14-7-3-12-2-1-11-17-12/h1-2,11,14-15H,3-10H2. The Morgan fingerprint density at radius 2 is 2.24 bits per heavy atom. The topological polar surface area (TPSA) is 41.5 Å². The fourth-order valence-electron chi connectivity index (χ4n) is 2.40. The minimum Gasteiger partial charge on any atom is -0.396 e. The maximum absolute atomic E-state index is 9.19. The molecule has 2 rings (SSSR count). The van der Waals surface area contributed by atoms with Crippen molar-refractivity contribution in [3.8, 4) is 0 Å². The summed E-state index contributed by atoms with van der Waals surface area (Å²) in [5, 5.41) is 14.9. The molecule has 96 valence electrons. The number of aliphatic hydroxyl groups is 1. The summed E-state index contributed by atoms with van der Waals surface area (Å²) in [6.45, 7) is 2.87. The SMILES string of the molecule is OCCC1(NCCc2cccs2)CCOCC1. The van der Waals surface area contributed by atoms with E-state index in [4.69, 9.17) is 4.74 Å². The predicted octanol–water partition coefficient (Wildman–Crippen LogP) is 1.81. The Bertz CT molecular complexity index is 302. The van der Waals surface area contributed by atoms with Crippen LogP contribution in [0.1, 0.15) is 24.1 Å². The van der Waals surface area contributed by atoms with Crippen molar-refractivity contribution in [3.63, 3.8) is 0 Å². The Hall–Kier alpha value is -0.420. The summed E-state index contributed by atoms with van der Waals surface area (Å²) < 4.78 is 5.40. The average Bonchev–Trinajstić information content (AvgIpc) is 2.84. The summed E-state index contributed by atoms with van der Waals surface area (Å²) >= 11 is 1.81. The zero-order chi connectivity index (χ0) is 12.0. The molecule has 0 bridgehead atoms. The number of aliphatic hydroxyl groups excluding tert-OH is 1. The second-order valence-corrected chi connectivity index (χ2v) is 5.65. The van der Waals surface area contributed by atoms with Gasteiger partial charge in [-0.25, -0.2) is 0 Å². The Labute approximate surface area is 107 Å². The lowest BCUT2D eigenvalue weighted by molar-refractivity contribution is 0.0279. The Morgan fingerprint density at radius 1 is 1.41 bits per heavy atom. The van der Waals surface area contributed by atoms with Gasteiger partial charge in [0.15, 0.2) is 0 Å². The molecule has 0 spiro atoms. The second kappa shape index (κ2) is 6.50. The molecule has 0 aliphatic carbocycles. The molecule has 0 aromatic carbocycles. The van der Waals surface area contributed by atoms with Gasteiger partial charge in [0.25, 0.3) is 0 Å². The van der Waals surface area contributed by atoms with E-state index in [1.165, 1.54) is 4.88 Å². The van der Waals surface area contributed by atoms with Crippen molar-refractivity contribution in [2.24, 2.45) is 0 Å². The molecule has 0 atom stereocenters. The molecule has 0 amide bonds. The summed E-state index contributed by atoms with van der Waals surface area (Å²) in [6, 6.07) is 4.27. The van der Waals surface area contributed by atoms with E-state index in [-0.39, 0.29) is 12.1 Å². The van der Waals surface area contributed by atoms with Crippen LogP contribution in [-0.2, 0) is 11.2 Å². The molecule has 1 aromatic heterocycles. The van der Waals surface area contributed by atoms with Gasteiger partial charge >= 0.3 is 0 Å². The van der Waals surface area contributed by atoms with Gasteiger partial charge in [-0.15, -0.1) is 11.3 Å². The van der Waals surface area contributed by atoms with Gasteiger partial charge in [0, 0.05) is 36.8 Å². The maximum atomic E-state index is 9.19. The molecule has 1 aliphatic rings. The van der Waals surface area contributed by atoms with E-state index in [0.29, 0.717) is 0 Å². The monoisotopic (exact) mass is 255 g/mol. The molecule has 0 unspecified atom stereocenters. The van der Waals surface area contributed by atoms with Crippen LogP contribution in [0.5, 0.6) is 0 Å². The quantitative estimate of drug-likeness (QED) is 0.814. The summed E-state index contributed by atoms with van der Waals surface area (Å²) in [5.74, 6) is 0. The largest absolute Gasteiger partial charge is 0.396 e. The highest BCUT2D eigenvalue weighted by Crippen LogP contribution is 2.24. The van der Waals surface area contributed by atoms with Crippen molar-refractivity contribution < 1.29 is 9.84 Å². The molecule has 1 aromatic rings. The molecule has 2 N–H and O–H groups in total. The van der Waals surface area contributed by atoms with Crippen LogP contribution in [0.2, 0.25) is 0 Å². The normalized spacial score (nSPS) is 19.4. The summed E-state index contributed by atoms with van der Waals surface area (Å²) in [6.07, 6.45) is 3.93. The Kier molecular flexibility index (Phi) is 4.98. The number of rotatable bonds is 6. The van der Waals surface area contributed by atoms with Gasteiger partial charge < -0.3 is 15.2 Å². The average molecular weight is 255 g/mol. The van der Waals surface area contributed by atoms with Crippen LogP contribution >= 0.6 is 11.3 Å². The van der Waals surface area contributed by atoms with Gasteiger partial charge in [0.1, 0.15) is 0 Å². The highest BCUT2D eigenvalue weighted by Gasteiger charge is 2.31. The fraction of sp³-hybridized carbons (Fsp3) is 0.692. The van der Waals surface area contributed by atoms with Crippen LogP contribution in [0, 0.1) is 0 Å². The maximum Gasteiger partial charge on any atom is 0.0483 e. The van der Waals surface area contributed by atoms with Crippen molar-refractivity contribution in [1.82, 2.24) is 5.32 Å². The Balaban J connectivity index is 1.80. The molecule has 1 saturated heterocycles. The van der Waals surface area contributed by atoms with Crippen LogP contribution < -0.4 is 5.32 Å². The third-order valence-electron chi connectivity index (χ3n) is 3.49. The first-order valence-electron chi connectivity index (χ1n) is 6.31. The third-order valence-corrected chi connectivity index (χ3v) is 4.43. The fourth-order valence-corrected chi connectivity index (χ4v) is 3.11. The molecule has 1 aliphatic heterocycles. The zero-order valence-electron chi connectivity index (χ0n) is 10.2. The van der Waals surface area contributed by atoms with Gasteiger partial charge in [-0.1, -0.05) is 6.07 Å². The highest BCUT2D eigenvalue weighted by molar-refractivity contribution is 7.09. The molecular formula is C13H21NO2S. The lowest BCUT2D eigenvalue weighted by Crippen LogP contribution is -2.50. The molecular weight excluding hydrogens is 234 g/mol. The molecule has 0 saturated carbocycles. The van der Waals surface area contributed by atoms with E-state index in [1.54, 1.807) is 0 Å². The highest BCUT2D eigenvalue weighted by atomic mass is 32.1. The Morgan fingerprint density at radius 3 is 2.88 bits per heavy atom. The minimum absolute atomic E-state index is 0.101. The van der Waals surface area contributed by atoms with Gasteiger partial charge in [-0.3, -0.25) is 0 Å². The van der Waals surface area contributed by atoms with E-state index >= 15 is 0 Å². The van der Waals surface area contributed by atoms with Crippen LogP contribution in [0.25, 0.3) is 0 Å². The van der Waals surface area contributed by atoms with Crippen LogP contribution in [0.15, 0.2) is 17.5 Å². The molecule has 0 radical (unpaired) electrons. The van der Waals surface area contributed by atoms with Crippen molar-refractivity contribution in [3.05, 3.63) is 22.4 Å². The van der Waals surface area contributed by atoms with Crippen molar-refractivity contribution in [1.29, 1.82) is 0 Å². The van der Waals surface area contributed by atoms with Gasteiger partial charge in [-0.05, 0) is 37.1 Å². The van der Waals surface area contributed by atoms with Gasteiger partial charge in [0.05, 0.1) is 0 Å². The number of ether oxygens (including phenoxy) is 1. The smallest absolute Gasteiger partial charge is 0.0483 e. The molecule has 1 fully saturated rings. The third kappa shape index (κ3) is 3.78. The van der Waals surface area contributed by atoms with Crippen LogP contribution in [-0.4, -0.2) is 37.0 Å².